The topological polar surface area (TPSA) is 128 Å². The third-order valence-electron chi connectivity index (χ3n) is 7.74. The van der Waals surface area contributed by atoms with Gasteiger partial charge in [-0.2, -0.15) is 8.42 Å². The minimum atomic E-state index is -4.52. The molecule has 0 aliphatic carbocycles. The van der Waals surface area contributed by atoms with E-state index < -0.39 is 22.3 Å². The highest BCUT2D eigenvalue weighted by atomic mass is 32.2. The Balaban J connectivity index is 2.44. The summed E-state index contributed by atoms with van der Waals surface area (Å²) in [7, 11) is -4.52. The number of hydrogen-bond donors (Lipinski definition) is 3. The summed E-state index contributed by atoms with van der Waals surface area (Å²) in [5.74, 6) is -0.197. The van der Waals surface area contributed by atoms with Gasteiger partial charge in [0.25, 0.3) is 0 Å². The Morgan fingerprint density at radius 1 is 0.727 bits per heavy atom. The van der Waals surface area contributed by atoms with Gasteiger partial charge in [-0.3, -0.25) is 9.59 Å². The number of rotatable bonds is 14. The molecule has 0 heterocycles. The fourth-order valence-corrected chi connectivity index (χ4v) is 6.13. The smallest absolute Gasteiger partial charge is 0.366 e. The van der Waals surface area contributed by atoms with Crippen LogP contribution in [0.2, 0.25) is 0 Å². The van der Waals surface area contributed by atoms with Crippen LogP contribution in [0.4, 0.5) is 5.69 Å². The molecule has 0 aromatic heterocycles. The zero-order valence-electron chi connectivity index (χ0n) is 28.8. The molecule has 0 fully saturated rings. The van der Waals surface area contributed by atoms with Gasteiger partial charge in [0.15, 0.2) is 5.75 Å². The summed E-state index contributed by atoms with van der Waals surface area (Å²) in [5.41, 5.74) is 11.9. The summed E-state index contributed by atoms with van der Waals surface area (Å²) in [4.78, 5) is 26.1. The molecule has 8 nitrogen and oxygen atoms in total. The van der Waals surface area contributed by atoms with Gasteiger partial charge in [-0.05, 0) is 76.3 Å². The van der Waals surface area contributed by atoms with Gasteiger partial charge in [0.2, 0.25) is 11.8 Å². The summed E-state index contributed by atoms with van der Waals surface area (Å²) in [6.07, 6.45) is 0.454. The van der Waals surface area contributed by atoms with E-state index in [9.17, 15) is 18.0 Å². The highest BCUT2D eigenvalue weighted by Crippen LogP contribution is 2.38. The van der Waals surface area contributed by atoms with Crippen molar-refractivity contribution in [2.75, 3.05) is 5.32 Å². The first-order valence-corrected chi connectivity index (χ1v) is 17.3. The average Bonchev–Trinajstić information content (AvgIpc) is 2.87. The lowest BCUT2D eigenvalue weighted by atomic mass is 9.83. The minimum Gasteiger partial charge on any atom is -0.366 e. The summed E-state index contributed by atoms with van der Waals surface area (Å²) >= 11 is 0. The molecule has 2 rings (SSSR count). The maximum absolute atomic E-state index is 13.3. The summed E-state index contributed by atoms with van der Waals surface area (Å²) < 4.78 is 34.5. The highest BCUT2D eigenvalue weighted by molar-refractivity contribution is 7.85. The minimum absolute atomic E-state index is 0.0856. The Labute approximate surface area is 266 Å². The molecular weight excluding hydrogens is 574 g/mol. The molecule has 4 N–H and O–H groups in total. The molecule has 0 unspecified atom stereocenters. The van der Waals surface area contributed by atoms with E-state index in [1.807, 2.05) is 41.5 Å². The second-order valence-corrected chi connectivity index (χ2v) is 15.2. The van der Waals surface area contributed by atoms with E-state index in [0.717, 1.165) is 16.7 Å². The largest absolute Gasteiger partial charge is 0.409 e. The molecule has 9 heteroatoms. The number of nitrogens with two attached hydrogens (primary N) is 1. The van der Waals surface area contributed by atoms with Crippen LogP contribution in [0.25, 0.3) is 0 Å². The van der Waals surface area contributed by atoms with E-state index in [1.54, 1.807) is 12.1 Å². The van der Waals surface area contributed by atoms with Crippen molar-refractivity contribution in [1.29, 1.82) is 0 Å². The molecule has 44 heavy (non-hydrogen) atoms. The van der Waals surface area contributed by atoms with E-state index in [2.05, 4.69) is 63.7 Å². The molecule has 1 atom stereocenters. The Hall–Kier alpha value is -2.91. The van der Waals surface area contributed by atoms with Crippen molar-refractivity contribution < 1.29 is 22.2 Å². The van der Waals surface area contributed by atoms with Gasteiger partial charge in [0, 0.05) is 16.8 Å². The molecule has 0 saturated carbocycles. The maximum atomic E-state index is 13.3. The van der Waals surface area contributed by atoms with Crippen molar-refractivity contribution in [1.82, 2.24) is 4.72 Å². The van der Waals surface area contributed by atoms with Crippen LogP contribution < -0.4 is 20.0 Å². The number of carbonyl (C=O) groups is 2. The monoisotopic (exact) mass is 629 g/mol. The first kappa shape index (κ1) is 37.3. The predicted octanol–water partition coefficient (Wildman–Crippen LogP) is 7.60. The van der Waals surface area contributed by atoms with Crippen LogP contribution >= 0.6 is 0 Å². The molecule has 2 aromatic carbocycles. The van der Waals surface area contributed by atoms with E-state index in [0.29, 0.717) is 29.2 Å². The zero-order valence-corrected chi connectivity index (χ0v) is 29.6. The third kappa shape index (κ3) is 10.1. The molecule has 0 radical (unpaired) electrons. The second-order valence-electron chi connectivity index (χ2n) is 13.9. The molecule has 0 aliphatic heterocycles. The van der Waals surface area contributed by atoms with Gasteiger partial charge in [-0.15, -0.1) is 0 Å². The van der Waals surface area contributed by atoms with Gasteiger partial charge in [-0.25, -0.2) is 4.72 Å². The van der Waals surface area contributed by atoms with Crippen molar-refractivity contribution in [2.45, 2.75) is 132 Å². The van der Waals surface area contributed by atoms with Crippen LogP contribution in [0, 0.1) is 5.92 Å². The van der Waals surface area contributed by atoms with E-state index >= 15 is 0 Å². The van der Waals surface area contributed by atoms with Crippen LogP contribution in [0.3, 0.4) is 0 Å². The van der Waals surface area contributed by atoms with Crippen molar-refractivity contribution in [3.63, 3.8) is 0 Å². The molecule has 246 valence electrons. The number of anilines is 1. The van der Waals surface area contributed by atoms with Crippen LogP contribution in [0.1, 0.15) is 152 Å². The fraction of sp³-hybridized carbons (Fsp3) is 0.600. The Bertz CT molecular complexity index is 1370. The van der Waals surface area contributed by atoms with Gasteiger partial charge in [0.05, 0.1) is 12.5 Å². The van der Waals surface area contributed by atoms with E-state index in [4.69, 9.17) is 9.92 Å². The van der Waals surface area contributed by atoms with Gasteiger partial charge in [-0.1, -0.05) is 95.2 Å². The Kier molecular flexibility index (Phi) is 13.0. The lowest BCUT2D eigenvalue weighted by Crippen LogP contribution is -2.37. The van der Waals surface area contributed by atoms with Crippen molar-refractivity contribution in [3.8, 4) is 5.75 Å². The molecule has 0 bridgehead atoms. The lowest BCUT2D eigenvalue weighted by molar-refractivity contribution is -0.119. The summed E-state index contributed by atoms with van der Waals surface area (Å²) in [6.45, 7) is 24.2. The molecule has 0 aliphatic rings. The number of carbonyl (C=O) groups excluding carboxylic acids is 2. The quantitative estimate of drug-likeness (QED) is 0.197. The molecule has 0 spiro atoms. The second kappa shape index (κ2) is 15.4. The first-order chi connectivity index (χ1) is 20.2. The number of amides is 2. The van der Waals surface area contributed by atoms with Gasteiger partial charge < -0.3 is 15.2 Å². The average molecular weight is 630 g/mol. The van der Waals surface area contributed by atoms with Crippen LogP contribution in [0.5, 0.6) is 5.75 Å². The predicted molar refractivity (Wildman–Crippen MR) is 181 cm³/mol. The zero-order chi connectivity index (χ0) is 33.7. The van der Waals surface area contributed by atoms with Crippen LogP contribution in [0.15, 0.2) is 24.3 Å². The van der Waals surface area contributed by atoms with Gasteiger partial charge in [0.1, 0.15) is 0 Å². The number of benzene rings is 2. The van der Waals surface area contributed by atoms with Crippen molar-refractivity contribution in [3.05, 3.63) is 57.6 Å². The van der Waals surface area contributed by atoms with E-state index in [-0.39, 0.29) is 47.7 Å². The van der Waals surface area contributed by atoms with Crippen molar-refractivity contribution >= 4 is 27.8 Å². The summed E-state index contributed by atoms with van der Waals surface area (Å²) in [6, 6.07) is 7.02. The lowest BCUT2D eigenvalue weighted by Gasteiger charge is -2.23. The van der Waals surface area contributed by atoms with Crippen molar-refractivity contribution in [2.24, 2.45) is 11.7 Å². The molecule has 2 aromatic rings. The first-order valence-electron chi connectivity index (χ1n) is 15.9. The Morgan fingerprint density at radius 3 is 1.57 bits per heavy atom. The normalized spacial score (nSPS) is 13.0. The summed E-state index contributed by atoms with van der Waals surface area (Å²) in [5, 5.41) is 2.89. The third-order valence-corrected chi connectivity index (χ3v) is 8.60. The Morgan fingerprint density at radius 2 is 1.18 bits per heavy atom. The maximum Gasteiger partial charge on any atom is 0.409 e. The molecule has 0 saturated heterocycles. The van der Waals surface area contributed by atoms with Crippen LogP contribution in [-0.2, 0) is 26.3 Å². The molecule has 2 amide bonds. The van der Waals surface area contributed by atoms with E-state index in [1.165, 1.54) is 5.56 Å². The van der Waals surface area contributed by atoms with Crippen LogP contribution in [-0.4, -0.2) is 26.3 Å². The number of hydrogen-bond acceptors (Lipinski definition) is 6. The standard InChI is InChI=1S/C35H55N3O5S/c1-19(2)13-32(36)35(40)37-26-16-29(23(9)10)34(30(17-26)24(11)12)43-44(41,42)38-33(39)18-31-27(21(5)6)14-25(20(3)4)15-28(31)22(7)8/h14-17,19-24,32H,13,18,36H2,1-12H3,(H,37,40)(H,38,39)/t32-/m1/s1. The number of nitrogens with one attached hydrogen (secondary N) is 2. The highest BCUT2D eigenvalue weighted by Gasteiger charge is 2.27. The van der Waals surface area contributed by atoms with Gasteiger partial charge >= 0.3 is 10.3 Å². The SMILES string of the molecule is CC(C)C[C@@H](N)C(=O)Nc1cc(C(C)C)c(OS(=O)(=O)NC(=O)Cc2c(C(C)C)cc(C(C)C)cc2C(C)C)c(C(C)C)c1. The fourth-order valence-electron chi connectivity index (χ4n) is 5.33. The molecular formula is C35H55N3O5S.